The van der Waals surface area contributed by atoms with Crippen molar-refractivity contribution in [2.45, 2.75) is 13.3 Å². The summed E-state index contributed by atoms with van der Waals surface area (Å²) in [6.45, 7) is 1.46. The first kappa shape index (κ1) is 12.7. The maximum atomic E-state index is 12.3. The predicted molar refractivity (Wildman–Crippen MR) is 60.9 cm³/mol. The molecule has 1 rings (SSSR count). The van der Waals surface area contributed by atoms with Crippen LogP contribution in [-0.4, -0.2) is 31.2 Å². The van der Waals surface area contributed by atoms with E-state index in [1.807, 2.05) is 6.92 Å². The van der Waals surface area contributed by atoms with Gasteiger partial charge in [-0.3, -0.25) is 0 Å². The lowest BCUT2D eigenvalue weighted by molar-refractivity contribution is 0.153. The first-order chi connectivity index (χ1) is 7.54. The average Bonchev–Trinajstić information content (AvgIpc) is 2.21. The second-order valence-electron chi connectivity index (χ2n) is 3.60. The number of aliphatic hydroxyl groups is 1. The summed E-state index contributed by atoms with van der Waals surface area (Å²) in [5.41, 5.74) is 7.77. The van der Waals surface area contributed by atoms with Crippen LogP contribution in [0.1, 0.15) is 5.56 Å². The highest BCUT2D eigenvalue weighted by atomic mass is 19.3. The van der Waals surface area contributed by atoms with Crippen LogP contribution in [0.25, 0.3) is 0 Å². The molecule has 0 aliphatic carbocycles. The summed E-state index contributed by atoms with van der Waals surface area (Å²) in [5.74, 6) is 0. The van der Waals surface area contributed by atoms with Crippen molar-refractivity contribution in [1.29, 1.82) is 0 Å². The highest BCUT2D eigenvalue weighted by molar-refractivity contribution is 5.58. The van der Waals surface area contributed by atoms with Gasteiger partial charge in [0.2, 0.25) is 0 Å². The van der Waals surface area contributed by atoms with Crippen molar-refractivity contribution in [3.63, 3.8) is 0 Å². The van der Waals surface area contributed by atoms with Crippen LogP contribution >= 0.6 is 0 Å². The first-order valence-corrected chi connectivity index (χ1v) is 5.04. The quantitative estimate of drug-likeness (QED) is 0.756. The highest BCUT2D eigenvalue weighted by Gasteiger charge is 2.12. The zero-order valence-electron chi connectivity index (χ0n) is 9.16. The van der Waals surface area contributed by atoms with E-state index in [0.29, 0.717) is 11.4 Å². The molecule has 0 fully saturated rings. The highest BCUT2D eigenvalue weighted by Crippen LogP contribution is 2.21. The van der Waals surface area contributed by atoms with Crippen molar-refractivity contribution < 1.29 is 13.9 Å². The Hall–Kier alpha value is -1.36. The van der Waals surface area contributed by atoms with Gasteiger partial charge in [0.05, 0.1) is 13.2 Å². The van der Waals surface area contributed by atoms with Gasteiger partial charge in [-0.05, 0) is 30.7 Å². The van der Waals surface area contributed by atoms with Crippen LogP contribution in [0.5, 0.6) is 0 Å². The number of anilines is 2. The molecule has 0 atom stereocenters. The summed E-state index contributed by atoms with van der Waals surface area (Å²) in [4.78, 5) is 1.44. The van der Waals surface area contributed by atoms with Gasteiger partial charge in [0.15, 0.2) is 0 Å². The average molecular weight is 230 g/mol. The SMILES string of the molecule is Cc1cc(N(CCO)CC(F)F)ccc1N. The number of hydrogen-bond donors (Lipinski definition) is 2. The van der Waals surface area contributed by atoms with Crippen molar-refractivity contribution in [3.8, 4) is 0 Å². The number of benzene rings is 1. The fourth-order valence-electron chi connectivity index (χ4n) is 1.47. The minimum Gasteiger partial charge on any atom is -0.399 e. The van der Waals surface area contributed by atoms with Crippen LogP contribution in [0.2, 0.25) is 0 Å². The molecule has 0 unspecified atom stereocenters. The molecule has 0 radical (unpaired) electrons. The molecule has 0 heterocycles. The Labute approximate surface area is 93.5 Å². The zero-order chi connectivity index (χ0) is 12.1. The minimum atomic E-state index is -2.43. The maximum absolute atomic E-state index is 12.3. The third-order valence-corrected chi connectivity index (χ3v) is 2.35. The van der Waals surface area contributed by atoms with Gasteiger partial charge in [-0.1, -0.05) is 0 Å². The van der Waals surface area contributed by atoms with Crippen LogP contribution in [0.4, 0.5) is 20.2 Å². The largest absolute Gasteiger partial charge is 0.399 e. The Morgan fingerprint density at radius 2 is 2.12 bits per heavy atom. The summed E-state index contributed by atoms with van der Waals surface area (Å²) >= 11 is 0. The lowest BCUT2D eigenvalue weighted by atomic mass is 10.1. The number of alkyl halides is 2. The summed E-state index contributed by atoms with van der Waals surface area (Å²) in [5, 5.41) is 8.82. The van der Waals surface area contributed by atoms with E-state index in [4.69, 9.17) is 10.8 Å². The van der Waals surface area contributed by atoms with Gasteiger partial charge < -0.3 is 15.7 Å². The maximum Gasteiger partial charge on any atom is 0.255 e. The van der Waals surface area contributed by atoms with Gasteiger partial charge in [0.25, 0.3) is 6.43 Å². The summed E-state index contributed by atoms with van der Waals surface area (Å²) in [6.07, 6.45) is -2.43. The van der Waals surface area contributed by atoms with Crippen molar-refractivity contribution in [1.82, 2.24) is 0 Å². The number of hydrogen-bond acceptors (Lipinski definition) is 3. The molecule has 3 N–H and O–H groups in total. The third kappa shape index (κ3) is 3.34. The van der Waals surface area contributed by atoms with E-state index < -0.39 is 6.43 Å². The van der Waals surface area contributed by atoms with E-state index in [2.05, 4.69) is 0 Å². The molecule has 0 spiro atoms. The van der Waals surface area contributed by atoms with Crippen LogP contribution in [-0.2, 0) is 0 Å². The Balaban J connectivity index is 2.87. The number of halogens is 2. The number of nitrogen functional groups attached to an aromatic ring is 1. The van der Waals surface area contributed by atoms with Gasteiger partial charge in [-0.25, -0.2) is 8.78 Å². The van der Waals surface area contributed by atoms with Crippen molar-refractivity contribution in [2.75, 3.05) is 30.3 Å². The van der Waals surface area contributed by atoms with Gasteiger partial charge in [-0.2, -0.15) is 0 Å². The topological polar surface area (TPSA) is 49.5 Å². The molecule has 0 aliphatic rings. The molecule has 16 heavy (non-hydrogen) atoms. The molecule has 3 nitrogen and oxygen atoms in total. The lowest BCUT2D eigenvalue weighted by Crippen LogP contribution is -2.31. The van der Waals surface area contributed by atoms with Crippen LogP contribution < -0.4 is 10.6 Å². The van der Waals surface area contributed by atoms with Gasteiger partial charge in [0.1, 0.15) is 0 Å². The molecular weight excluding hydrogens is 214 g/mol. The van der Waals surface area contributed by atoms with E-state index in [1.54, 1.807) is 18.2 Å². The van der Waals surface area contributed by atoms with E-state index in [0.717, 1.165) is 5.56 Å². The number of aliphatic hydroxyl groups excluding tert-OH is 1. The van der Waals surface area contributed by atoms with E-state index in [-0.39, 0.29) is 19.7 Å². The Kier molecular flexibility index (Phi) is 4.49. The smallest absolute Gasteiger partial charge is 0.255 e. The second kappa shape index (κ2) is 5.65. The Bertz CT molecular complexity index is 345. The van der Waals surface area contributed by atoms with Gasteiger partial charge in [0, 0.05) is 17.9 Å². The predicted octanol–water partition coefficient (Wildman–Crippen LogP) is 1.64. The van der Waals surface area contributed by atoms with E-state index >= 15 is 0 Å². The van der Waals surface area contributed by atoms with E-state index in [1.165, 1.54) is 4.90 Å². The summed E-state index contributed by atoms with van der Waals surface area (Å²) < 4.78 is 24.7. The molecule has 0 aliphatic heterocycles. The molecule has 0 aromatic heterocycles. The number of nitrogens with zero attached hydrogens (tertiary/aromatic N) is 1. The van der Waals surface area contributed by atoms with Gasteiger partial charge in [-0.15, -0.1) is 0 Å². The monoisotopic (exact) mass is 230 g/mol. The van der Waals surface area contributed by atoms with E-state index in [9.17, 15) is 8.78 Å². The summed E-state index contributed by atoms with van der Waals surface area (Å²) in [7, 11) is 0. The Morgan fingerprint density at radius 3 is 2.62 bits per heavy atom. The fourth-order valence-corrected chi connectivity index (χ4v) is 1.47. The molecule has 90 valence electrons. The normalized spacial score (nSPS) is 10.8. The Morgan fingerprint density at radius 1 is 1.44 bits per heavy atom. The van der Waals surface area contributed by atoms with Crippen molar-refractivity contribution in [3.05, 3.63) is 23.8 Å². The van der Waals surface area contributed by atoms with Crippen LogP contribution in [0, 0.1) is 6.92 Å². The molecule has 1 aromatic carbocycles. The number of aryl methyl sites for hydroxylation is 1. The van der Waals surface area contributed by atoms with Crippen LogP contribution in [0.15, 0.2) is 18.2 Å². The fraction of sp³-hybridized carbons (Fsp3) is 0.455. The molecule has 0 bridgehead atoms. The summed E-state index contributed by atoms with van der Waals surface area (Å²) in [6, 6.07) is 5.11. The molecule has 0 saturated heterocycles. The number of rotatable bonds is 5. The van der Waals surface area contributed by atoms with Crippen LogP contribution in [0.3, 0.4) is 0 Å². The standard InChI is InChI=1S/C11H16F2N2O/c1-8-6-9(2-3-10(8)14)15(4-5-16)7-11(12)13/h2-3,6,11,16H,4-5,7,14H2,1H3. The molecule has 0 amide bonds. The lowest BCUT2D eigenvalue weighted by Gasteiger charge is -2.24. The molecule has 1 aromatic rings. The molecule has 5 heteroatoms. The number of nitrogens with two attached hydrogens (primary N) is 1. The third-order valence-electron chi connectivity index (χ3n) is 2.35. The molecular formula is C11H16F2N2O. The van der Waals surface area contributed by atoms with Crippen molar-refractivity contribution in [2.24, 2.45) is 0 Å². The first-order valence-electron chi connectivity index (χ1n) is 5.04. The molecule has 0 saturated carbocycles. The van der Waals surface area contributed by atoms with Crippen molar-refractivity contribution >= 4 is 11.4 Å². The zero-order valence-corrected chi connectivity index (χ0v) is 9.16. The minimum absolute atomic E-state index is 0.157. The van der Waals surface area contributed by atoms with Gasteiger partial charge >= 0.3 is 0 Å². The second-order valence-corrected chi connectivity index (χ2v) is 3.60.